The summed E-state index contributed by atoms with van der Waals surface area (Å²) in [5, 5.41) is 6.02. The van der Waals surface area contributed by atoms with Crippen molar-refractivity contribution in [2.75, 3.05) is 18.0 Å². The number of carbonyl (C=O) groups excluding carboxylic acids is 1. The molecule has 2 heterocycles. The van der Waals surface area contributed by atoms with Crippen LogP contribution < -0.4 is 10.5 Å². The van der Waals surface area contributed by atoms with Crippen LogP contribution in [0.4, 0.5) is 5.69 Å². The van der Waals surface area contributed by atoms with Crippen LogP contribution in [-0.2, 0) is 0 Å². The molecule has 3 aromatic carbocycles. The van der Waals surface area contributed by atoms with Crippen molar-refractivity contribution in [3.05, 3.63) is 88.2 Å². The van der Waals surface area contributed by atoms with E-state index < -0.39 is 0 Å². The van der Waals surface area contributed by atoms with Gasteiger partial charge in [0.25, 0.3) is 5.56 Å². The quantitative estimate of drug-likeness (QED) is 0.430. The van der Waals surface area contributed by atoms with Gasteiger partial charge in [-0.1, -0.05) is 42.5 Å². The van der Waals surface area contributed by atoms with Gasteiger partial charge in [-0.15, -0.1) is 0 Å². The number of piperidine rings is 1. The molecular weight excluding hydrogens is 386 g/mol. The van der Waals surface area contributed by atoms with Crippen molar-refractivity contribution in [1.29, 1.82) is 0 Å². The average Bonchev–Trinajstić information content (AvgIpc) is 2.84. The van der Waals surface area contributed by atoms with Crippen LogP contribution in [0.5, 0.6) is 0 Å². The second-order valence-corrected chi connectivity index (χ2v) is 8.21. The normalized spacial score (nSPS) is 15.2. The molecule has 0 radical (unpaired) electrons. The molecule has 2 aliphatic rings. The molecule has 1 saturated heterocycles. The Kier molecular flexibility index (Phi) is 4.03. The van der Waals surface area contributed by atoms with Crippen LogP contribution in [0.1, 0.15) is 35.2 Å². The molecule has 0 atom stereocenters. The molecule has 0 spiro atoms. The summed E-state index contributed by atoms with van der Waals surface area (Å²) in [6.45, 7) is 1.86. The number of carbonyl (C=O) groups is 1. The molecule has 0 unspecified atom stereocenters. The summed E-state index contributed by atoms with van der Waals surface area (Å²) in [5.41, 5.74) is 4.18. The minimum absolute atomic E-state index is 0.0204. The van der Waals surface area contributed by atoms with E-state index in [9.17, 15) is 9.59 Å². The number of anilines is 1. The highest BCUT2D eigenvalue weighted by atomic mass is 16.1. The molecule has 152 valence electrons. The van der Waals surface area contributed by atoms with Gasteiger partial charge in [0.2, 0.25) is 0 Å². The lowest BCUT2D eigenvalue weighted by atomic mass is 9.84. The largest absolute Gasteiger partial charge is 0.371 e. The number of nitrogens with zero attached hydrogens (tertiary/aromatic N) is 3. The molecule has 4 aromatic rings. The highest BCUT2D eigenvalue weighted by Crippen LogP contribution is 2.41. The first-order valence-electron chi connectivity index (χ1n) is 10.8. The first-order chi connectivity index (χ1) is 15.2. The SMILES string of the molecule is O=C1c2ccccc2-c2nn(-c3ccccc3)c(=O)c3ccc(N4CCCCC4)c1c23. The van der Waals surface area contributed by atoms with Gasteiger partial charge in [-0.2, -0.15) is 9.78 Å². The number of hydrogen-bond donors (Lipinski definition) is 0. The standard InChI is InChI=1S/C26H21N3O2/c30-25-19-12-6-5-11-18(19)24-22-20(26(31)29(27-24)17-9-3-1-4-10-17)13-14-21(23(22)25)28-15-7-2-8-16-28/h1,3-6,9-14H,2,7-8,15-16H2. The van der Waals surface area contributed by atoms with Crippen LogP contribution in [-0.4, -0.2) is 28.7 Å². The van der Waals surface area contributed by atoms with Gasteiger partial charge in [0.05, 0.1) is 16.6 Å². The predicted molar refractivity (Wildman–Crippen MR) is 122 cm³/mol. The van der Waals surface area contributed by atoms with Gasteiger partial charge >= 0.3 is 0 Å². The predicted octanol–water partition coefficient (Wildman–Crippen LogP) is 4.59. The van der Waals surface area contributed by atoms with Crippen LogP contribution in [0.3, 0.4) is 0 Å². The van der Waals surface area contributed by atoms with E-state index in [1.807, 2.05) is 66.7 Å². The van der Waals surface area contributed by atoms with Crippen molar-refractivity contribution in [1.82, 2.24) is 9.78 Å². The summed E-state index contributed by atoms with van der Waals surface area (Å²) in [4.78, 5) is 29.4. The Balaban J connectivity index is 1.73. The van der Waals surface area contributed by atoms with Crippen molar-refractivity contribution in [2.24, 2.45) is 0 Å². The van der Waals surface area contributed by atoms with E-state index in [0.717, 1.165) is 37.2 Å². The van der Waals surface area contributed by atoms with E-state index >= 15 is 0 Å². The molecule has 1 aliphatic heterocycles. The lowest BCUT2D eigenvalue weighted by Gasteiger charge is -2.32. The molecule has 5 heteroatoms. The smallest absolute Gasteiger partial charge is 0.279 e. The summed E-state index contributed by atoms with van der Waals surface area (Å²) in [7, 11) is 0. The lowest BCUT2D eigenvalue weighted by Crippen LogP contribution is -2.32. The molecule has 1 aromatic heterocycles. The van der Waals surface area contributed by atoms with Crippen LogP contribution in [0.15, 0.2) is 71.5 Å². The van der Waals surface area contributed by atoms with Gasteiger partial charge in [-0.05, 0) is 43.5 Å². The van der Waals surface area contributed by atoms with E-state index in [1.165, 1.54) is 11.1 Å². The fourth-order valence-electron chi connectivity index (χ4n) is 4.91. The Bertz CT molecular complexity index is 1400. The molecule has 5 nitrogen and oxygen atoms in total. The summed E-state index contributed by atoms with van der Waals surface area (Å²) in [6, 6.07) is 20.8. The van der Waals surface area contributed by atoms with Crippen molar-refractivity contribution in [3.8, 4) is 16.9 Å². The van der Waals surface area contributed by atoms with Crippen molar-refractivity contribution < 1.29 is 4.79 Å². The maximum Gasteiger partial charge on any atom is 0.279 e. The highest BCUT2D eigenvalue weighted by molar-refractivity contribution is 6.27. The monoisotopic (exact) mass is 407 g/mol. The fraction of sp³-hybridized carbons (Fsp3) is 0.192. The molecule has 31 heavy (non-hydrogen) atoms. The number of rotatable bonds is 2. The van der Waals surface area contributed by atoms with E-state index in [4.69, 9.17) is 5.10 Å². The van der Waals surface area contributed by atoms with Crippen molar-refractivity contribution in [3.63, 3.8) is 0 Å². The second-order valence-electron chi connectivity index (χ2n) is 8.21. The first-order valence-corrected chi connectivity index (χ1v) is 10.8. The highest BCUT2D eigenvalue weighted by Gasteiger charge is 2.32. The zero-order chi connectivity index (χ0) is 20.9. The minimum atomic E-state index is -0.205. The van der Waals surface area contributed by atoms with E-state index in [-0.39, 0.29) is 11.3 Å². The molecule has 0 amide bonds. The Morgan fingerprint density at radius 3 is 2.23 bits per heavy atom. The summed E-state index contributed by atoms with van der Waals surface area (Å²) in [6.07, 6.45) is 3.44. The molecular formula is C26H21N3O2. The zero-order valence-electron chi connectivity index (χ0n) is 17.0. The minimum Gasteiger partial charge on any atom is -0.371 e. The fourth-order valence-corrected chi connectivity index (χ4v) is 4.91. The van der Waals surface area contributed by atoms with Crippen LogP contribution >= 0.6 is 0 Å². The van der Waals surface area contributed by atoms with Gasteiger partial charge in [0, 0.05) is 35.3 Å². The summed E-state index contributed by atoms with van der Waals surface area (Å²) in [5.74, 6) is -0.0204. The van der Waals surface area contributed by atoms with Crippen molar-refractivity contribution in [2.45, 2.75) is 19.3 Å². The molecule has 1 fully saturated rings. The van der Waals surface area contributed by atoms with Gasteiger partial charge < -0.3 is 4.90 Å². The zero-order valence-corrected chi connectivity index (χ0v) is 17.0. The van der Waals surface area contributed by atoms with Gasteiger partial charge in [0.15, 0.2) is 5.78 Å². The number of fused-ring (bicyclic) bond motifs is 2. The van der Waals surface area contributed by atoms with Crippen LogP contribution in [0.25, 0.3) is 27.7 Å². The topological polar surface area (TPSA) is 55.2 Å². The van der Waals surface area contributed by atoms with Crippen molar-refractivity contribution >= 4 is 22.2 Å². The summed E-state index contributed by atoms with van der Waals surface area (Å²) >= 11 is 0. The Morgan fingerprint density at radius 1 is 0.742 bits per heavy atom. The molecule has 0 N–H and O–H groups in total. The summed E-state index contributed by atoms with van der Waals surface area (Å²) < 4.78 is 1.45. The molecule has 0 saturated carbocycles. The van der Waals surface area contributed by atoms with E-state index in [0.29, 0.717) is 33.3 Å². The maximum atomic E-state index is 13.7. The number of benzene rings is 3. The second kappa shape index (κ2) is 6.91. The van der Waals surface area contributed by atoms with Gasteiger partial charge in [-0.25, -0.2) is 0 Å². The Labute approximate surface area is 179 Å². The first kappa shape index (κ1) is 18.1. The number of ketones is 1. The lowest BCUT2D eigenvalue weighted by molar-refractivity contribution is 0.104. The van der Waals surface area contributed by atoms with Crippen LogP contribution in [0, 0.1) is 0 Å². The van der Waals surface area contributed by atoms with Crippen LogP contribution in [0.2, 0.25) is 0 Å². The number of hydrogen-bond acceptors (Lipinski definition) is 4. The maximum absolute atomic E-state index is 13.7. The number of aromatic nitrogens is 2. The third-order valence-corrected chi connectivity index (χ3v) is 6.39. The Hall–Kier alpha value is -3.73. The number of para-hydroxylation sites is 1. The molecule has 0 bridgehead atoms. The molecule has 1 aliphatic carbocycles. The third-order valence-electron chi connectivity index (χ3n) is 6.39. The molecule has 6 rings (SSSR count). The Morgan fingerprint density at radius 2 is 1.45 bits per heavy atom. The van der Waals surface area contributed by atoms with Gasteiger partial charge in [-0.3, -0.25) is 9.59 Å². The van der Waals surface area contributed by atoms with E-state index in [1.54, 1.807) is 0 Å². The van der Waals surface area contributed by atoms with Gasteiger partial charge in [0.1, 0.15) is 5.69 Å². The third kappa shape index (κ3) is 2.66. The average molecular weight is 407 g/mol. The van der Waals surface area contributed by atoms with E-state index in [2.05, 4.69) is 4.90 Å².